The van der Waals surface area contributed by atoms with Crippen LogP contribution in [0.5, 0.6) is 0 Å². The number of esters is 3. The van der Waals surface area contributed by atoms with Gasteiger partial charge in [-0.1, -0.05) is 281 Å². The molecule has 83 heavy (non-hydrogen) atoms. The molecule has 6 nitrogen and oxygen atoms in total. The van der Waals surface area contributed by atoms with Crippen LogP contribution in [0, 0.1) is 0 Å². The van der Waals surface area contributed by atoms with Crippen molar-refractivity contribution in [3.63, 3.8) is 0 Å². The highest BCUT2D eigenvalue weighted by Crippen LogP contribution is 2.15. The molecule has 0 aromatic heterocycles. The molecule has 0 aliphatic rings. The lowest BCUT2D eigenvalue weighted by Gasteiger charge is -2.18. The third-order valence-electron chi connectivity index (χ3n) is 13.7. The summed E-state index contributed by atoms with van der Waals surface area (Å²) in [4.78, 5) is 38.3. The zero-order valence-corrected chi connectivity index (χ0v) is 53.4. The van der Waals surface area contributed by atoms with Crippen molar-refractivity contribution in [2.24, 2.45) is 0 Å². The van der Waals surface area contributed by atoms with Crippen molar-refractivity contribution < 1.29 is 28.6 Å². The van der Waals surface area contributed by atoms with Gasteiger partial charge in [-0.15, -0.1) is 0 Å². The van der Waals surface area contributed by atoms with Crippen molar-refractivity contribution >= 4 is 17.9 Å². The van der Waals surface area contributed by atoms with E-state index in [0.29, 0.717) is 19.3 Å². The van der Waals surface area contributed by atoms with Crippen molar-refractivity contribution in [1.82, 2.24) is 0 Å². The maximum atomic E-state index is 12.9. The predicted octanol–water partition coefficient (Wildman–Crippen LogP) is 23.4. The summed E-state index contributed by atoms with van der Waals surface area (Å²) in [6.45, 7) is 6.34. The maximum Gasteiger partial charge on any atom is 0.306 e. The highest BCUT2D eigenvalue weighted by atomic mass is 16.6. The first kappa shape index (κ1) is 77.8. The molecule has 6 heteroatoms. The van der Waals surface area contributed by atoms with Gasteiger partial charge in [-0.05, 0) is 148 Å². The van der Waals surface area contributed by atoms with Crippen molar-refractivity contribution in [3.8, 4) is 0 Å². The molecule has 0 radical (unpaired) electrons. The van der Waals surface area contributed by atoms with E-state index in [1.807, 2.05) is 0 Å². The highest BCUT2D eigenvalue weighted by molar-refractivity contribution is 5.71. The fraction of sp³-hybridized carbons (Fsp3) is 0.597. The molecular formula is C77H122O6. The molecule has 0 amide bonds. The van der Waals surface area contributed by atoms with Crippen LogP contribution in [0.2, 0.25) is 0 Å². The monoisotopic (exact) mass is 1140 g/mol. The summed E-state index contributed by atoms with van der Waals surface area (Å²) in [6, 6.07) is 0. The van der Waals surface area contributed by atoms with E-state index in [0.717, 1.165) is 180 Å². The molecule has 0 saturated carbocycles. The molecule has 466 valence electrons. The first-order valence-electron chi connectivity index (χ1n) is 33.6. The predicted molar refractivity (Wildman–Crippen MR) is 361 cm³/mol. The summed E-state index contributed by atoms with van der Waals surface area (Å²) < 4.78 is 16.9. The van der Waals surface area contributed by atoms with Crippen LogP contribution in [0.4, 0.5) is 0 Å². The summed E-state index contributed by atoms with van der Waals surface area (Å²) in [6.07, 6.45) is 102. The van der Waals surface area contributed by atoms with Crippen LogP contribution in [0.15, 0.2) is 170 Å². The van der Waals surface area contributed by atoms with E-state index in [-0.39, 0.29) is 31.1 Å². The van der Waals surface area contributed by atoms with E-state index in [2.05, 4.69) is 191 Å². The molecule has 1 unspecified atom stereocenters. The Morgan fingerprint density at radius 3 is 0.747 bits per heavy atom. The molecule has 0 heterocycles. The quantitative estimate of drug-likeness (QED) is 0.0261. The largest absolute Gasteiger partial charge is 0.462 e. The van der Waals surface area contributed by atoms with E-state index in [4.69, 9.17) is 14.2 Å². The molecule has 0 rings (SSSR count). The minimum absolute atomic E-state index is 0.0983. The van der Waals surface area contributed by atoms with E-state index < -0.39 is 6.10 Å². The van der Waals surface area contributed by atoms with Crippen LogP contribution >= 0.6 is 0 Å². The van der Waals surface area contributed by atoms with E-state index in [1.165, 1.54) is 57.8 Å². The minimum atomic E-state index is -0.803. The van der Waals surface area contributed by atoms with Crippen LogP contribution < -0.4 is 0 Å². The van der Waals surface area contributed by atoms with Gasteiger partial charge in [0.1, 0.15) is 13.2 Å². The molecule has 0 aliphatic carbocycles. The van der Waals surface area contributed by atoms with Crippen molar-refractivity contribution in [1.29, 1.82) is 0 Å². The van der Waals surface area contributed by atoms with Gasteiger partial charge in [-0.3, -0.25) is 14.4 Å². The Morgan fingerprint density at radius 1 is 0.253 bits per heavy atom. The van der Waals surface area contributed by atoms with E-state index >= 15 is 0 Å². The van der Waals surface area contributed by atoms with Crippen molar-refractivity contribution in [2.45, 2.75) is 284 Å². The first-order valence-corrected chi connectivity index (χ1v) is 33.6. The number of hydrogen-bond donors (Lipinski definition) is 0. The van der Waals surface area contributed by atoms with Gasteiger partial charge < -0.3 is 14.2 Å². The average molecular weight is 1140 g/mol. The zero-order valence-electron chi connectivity index (χ0n) is 53.4. The number of unbranched alkanes of at least 4 members (excludes halogenated alkanes) is 20. The summed E-state index contributed by atoms with van der Waals surface area (Å²) in [7, 11) is 0. The highest BCUT2D eigenvalue weighted by Gasteiger charge is 2.19. The van der Waals surface area contributed by atoms with Gasteiger partial charge >= 0.3 is 17.9 Å². The lowest BCUT2D eigenvalue weighted by molar-refractivity contribution is -0.167. The lowest BCUT2D eigenvalue weighted by atomic mass is 10.1. The van der Waals surface area contributed by atoms with Crippen LogP contribution in [-0.2, 0) is 28.6 Å². The van der Waals surface area contributed by atoms with E-state index in [9.17, 15) is 14.4 Å². The van der Waals surface area contributed by atoms with Gasteiger partial charge in [-0.25, -0.2) is 0 Å². The average Bonchev–Trinajstić information content (AvgIpc) is 3.48. The second-order valence-electron chi connectivity index (χ2n) is 21.6. The summed E-state index contributed by atoms with van der Waals surface area (Å²) in [5.74, 6) is -0.938. The number of hydrogen-bond acceptors (Lipinski definition) is 6. The zero-order chi connectivity index (χ0) is 59.9. The number of allylic oxidation sites excluding steroid dienone is 28. The van der Waals surface area contributed by atoms with Gasteiger partial charge in [-0.2, -0.15) is 0 Å². The second kappa shape index (κ2) is 69.3. The lowest BCUT2D eigenvalue weighted by Crippen LogP contribution is -2.30. The van der Waals surface area contributed by atoms with Gasteiger partial charge in [0, 0.05) is 19.3 Å². The Morgan fingerprint density at radius 2 is 0.470 bits per heavy atom. The molecule has 0 spiro atoms. The molecule has 0 fully saturated rings. The van der Waals surface area contributed by atoms with E-state index in [1.54, 1.807) is 0 Å². The third-order valence-corrected chi connectivity index (χ3v) is 13.7. The standard InChI is InChI=1S/C77H122O6/c1-4-7-10-13-16-19-22-24-26-28-30-32-33-34-35-36-37-38-39-40-41-42-43-45-46-48-50-52-55-58-61-64-67-70-76(79)82-73-74(72-81-75(78)69-66-63-60-57-54-21-18-15-12-9-6-3)83-77(80)71-68-65-62-59-56-53-51-49-47-44-31-29-27-25-23-20-17-14-11-8-5-2/h7-8,10-11,15-20,24-27,30-32,34-35,37-38,40-41,43-45,48,50,74H,4-6,9,12-14,21-23,28-29,33,36,39,42,46-47,49,51-73H2,1-3H3/b10-7-,11-8-,18-15-,19-16-,20-17-,26-24-,27-25-,32-30-,35-34-,38-37-,41-40-,44-31-,45-43-,50-48-. The van der Waals surface area contributed by atoms with Crippen LogP contribution in [0.3, 0.4) is 0 Å². The number of ether oxygens (including phenoxy) is 3. The molecule has 0 saturated heterocycles. The fourth-order valence-corrected chi connectivity index (χ4v) is 8.70. The third kappa shape index (κ3) is 67.4. The molecule has 0 aliphatic heterocycles. The Kier molecular flexibility index (Phi) is 64.9. The molecule has 0 N–H and O–H groups in total. The van der Waals surface area contributed by atoms with Crippen LogP contribution in [0.1, 0.15) is 278 Å². The van der Waals surface area contributed by atoms with Crippen molar-refractivity contribution in [2.75, 3.05) is 13.2 Å². The Labute approximate surface area is 511 Å². The molecule has 0 bridgehead atoms. The van der Waals surface area contributed by atoms with Gasteiger partial charge in [0.05, 0.1) is 0 Å². The van der Waals surface area contributed by atoms with Gasteiger partial charge in [0.2, 0.25) is 0 Å². The second-order valence-corrected chi connectivity index (χ2v) is 21.6. The Bertz CT molecular complexity index is 1890. The summed E-state index contributed by atoms with van der Waals surface area (Å²) >= 11 is 0. The SMILES string of the molecule is CC/C=C\C/C=C\C/C=C\C/C=C\C/C=C\C/C=C\C/C=C\C/C=C\C/C=C\CCCCCCCC(=O)OCC(COC(=O)CCCCCCC/C=C\CCCC)OC(=O)CCCCCCCCCC/C=C\C/C=C\C/C=C\C/C=C\CC. The van der Waals surface area contributed by atoms with Gasteiger partial charge in [0.25, 0.3) is 0 Å². The Hall–Kier alpha value is -5.23. The summed E-state index contributed by atoms with van der Waals surface area (Å²) in [5, 5.41) is 0. The molecule has 1 atom stereocenters. The summed E-state index contributed by atoms with van der Waals surface area (Å²) in [5.41, 5.74) is 0. The topological polar surface area (TPSA) is 78.9 Å². The fourth-order valence-electron chi connectivity index (χ4n) is 8.70. The molecule has 0 aromatic rings. The molecular weight excluding hydrogens is 1020 g/mol. The van der Waals surface area contributed by atoms with Crippen LogP contribution in [-0.4, -0.2) is 37.2 Å². The number of carbonyl (C=O) groups excluding carboxylic acids is 3. The first-order chi connectivity index (χ1) is 41.0. The normalized spacial score (nSPS) is 13.2. The van der Waals surface area contributed by atoms with Gasteiger partial charge in [0.15, 0.2) is 6.10 Å². The number of rotatable bonds is 59. The minimum Gasteiger partial charge on any atom is -0.462 e. The van der Waals surface area contributed by atoms with Crippen LogP contribution in [0.25, 0.3) is 0 Å². The Balaban J connectivity index is 4.34. The number of carbonyl (C=O) groups is 3. The maximum absolute atomic E-state index is 12.9. The van der Waals surface area contributed by atoms with Crippen molar-refractivity contribution in [3.05, 3.63) is 170 Å². The smallest absolute Gasteiger partial charge is 0.306 e. The molecule has 0 aromatic carbocycles.